The summed E-state index contributed by atoms with van der Waals surface area (Å²) in [5.41, 5.74) is 2.45. The third-order valence-electron chi connectivity index (χ3n) is 3.98. The van der Waals surface area contributed by atoms with E-state index in [1.54, 1.807) is 18.2 Å². The minimum absolute atomic E-state index is 0.153. The van der Waals surface area contributed by atoms with Crippen LogP contribution in [-0.2, 0) is 0 Å². The van der Waals surface area contributed by atoms with Gasteiger partial charge in [0.25, 0.3) is 0 Å². The molecule has 2 aromatic carbocycles. The zero-order valence-corrected chi connectivity index (χ0v) is 13.0. The zero-order chi connectivity index (χ0) is 16.8. The van der Waals surface area contributed by atoms with E-state index in [2.05, 4.69) is 10.3 Å². The Hall–Kier alpha value is -3.35. The fourth-order valence-electron chi connectivity index (χ4n) is 2.90. The summed E-state index contributed by atoms with van der Waals surface area (Å²) in [4.78, 5) is 15.6. The maximum atomic E-state index is 11.6. The highest BCUT2D eigenvalue weighted by Gasteiger charge is 2.29. The lowest BCUT2D eigenvalue weighted by Crippen LogP contribution is -2.07. The van der Waals surface area contributed by atoms with E-state index in [4.69, 9.17) is 9.47 Å². The predicted molar refractivity (Wildman–Crippen MR) is 89.5 cm³/mol. The van der Waals surface area contributed by atoms with Crippen LogP contribution in [0.15, 0.2) is 36.4 Å². The number of hydrogen-bond donors (Lipinski definition) is 1. The molecule has 24 heavy (non-hydrogen) atoms. The largest absolute Gasteiger partial charge is 0.490 e. The van der Waals surface area contributed by atoms with Crippen molar-refractivity contribution in [3.05, 3.63) is 52.2 Å². The summed E-state index contributed by atoms with van der Waals surface area (Å²) in [6, 6.07) is 10.6. The van der Waals surface area contributed by atoms with Crippen LogP contribution in [0.2, 0.25) is 0 Å². The van der Waals surface area contributed by atoms with Gasteiger partial charge in [0.05, 0.1) is 28.9 Å². The number of benzene rings is 2. The summed E-state index contributed by atoms with van der Waals surface area (Å²) in [6.07, 6.45) is 0. The smallest absolute Gasteiger partial charge is 0.324 e. The summed E-state index contributed by atoms with van der Waals surface area (Å²) in [6.45, 7) is 1.83. The zero-order valence-electron chi connectivity index (χ0n) is 13.0. The summed E-state index contributed by atoms with van der Waals surface area (Å²) in [5, 5.41) is 15.2. The van der Waals surface area contributed by atoms with Gasteiger partial charge in [0.1, 0.15) is 11.1 Å². The molecule has 4 rings (SSSR count). The molecule has 2 heterocycles. The van der Waals surface area contributed by atoms with E-state index in [-0.39, 0.29) is 11.4 Å². The summed E-state index contributed by atoms with van der Waals surface area (Å²) < 4.78 is 11.2. The molecule has 0 fully saturated rings. The lowest BCUT2D eigenvalue weighted by molar-refractivity contribution is -0.384. The van der Waals surface area contributed by atoms with E-state index < -0.39 is 4.92 Å². The molecule has 0 spiro atoms. The Morgan fingerprint density at radius 1 is 1.25 bits per heavy atom. The number of rotatable bonds is 2. The fraction of sp³-hybridized carbons (Fsp3) is 0.118. The highest BCUT2D eigenvalue weighted by molar-refractivity contribution is 6.02. The van der Waals surface area contributed by atoms with Crippen LogP contribution in [0.1, 0.15) is 5.69 Å². The van der Waals surface area contributed by atoms with E-state index in [9.17, 15) is 10.1 Å². The number of nitrogens with one attached hydrogen (secondary N) is 1. The Bertz CT molecular complexity index is 1000. The number of nitro benzene ring substituents is 1. The number of methoxy groups -OCH3 is 1. The van der Waals surface area contributed by atoms with Crippen molar-refractivity contribution in [1.82, 2.24) is 4.98 Å². The molecule has 0 saturated heterocycles. The van der Waals surface area contributed by atoms with Crippen molar-refractivity contribution in [2.24, 2.45) is 0 Å². The van der Waals surface area contributed by atoms with Gasteiger partial charge in [0.15, 0.2) is 17.2 Å². The second-order valence-corrected chi connectivity index (χ2v) is 5.39. The topological polar surface area (TPSA) is 86.5 Å². The molecule has 1 aliphatic rings. The van der Waals surface area contributed by atoms with Crippen molar-refractivity contribution in [2.45, 2.75) is 6.92 Å². The number of aryl methyl sites for hydroxylation is 1. The van der Waals surface area contributed by atoms with Gasteiger partial charge in [-0.2, -0.15) is 0 Å². The first kappa shape index (κ1) is 14.3. The molecule has 120 valence electrons. The number of nitrogens with zero attached hydrogens (tertiary/aromatic N) is 2. The maximum absolute atomic E-state index is 11.6. The molecule has 0 saturated carbocycles. The second kappa shape index (κ2) is 5.09. The molecule has 7 nitrogen and oxygen atoms in total. The third kappa shape index (κ3) is 1.95. The molecule has 0 atom stereocenters. The standard InChI is InChI=1S/C17H13N3O4/c1-9-15-17(24-12-6-4-3-5-10(12)19-15)14-11(18-9)7-8-13(23-2)16(14)20(21)22/h3-8,19H,1-2H3. The second-order valence-electron chi connectivity index (χ2n) is 5.39. The van der Waals surface area contributed by atoms with Gasteiger partial charge in [0, 0.05) is 0 Å². The summed E-state index contributed by atoms with van der Waals surface area (Å²) >= 11 is 0. The predicted octanol–water partition coefficient (Wildman–Crippen LogP) is 4.31. The Balaban J connectivity index is 2.09. The number of pyridine rings is 1. The van der Waals surface area contributed by atoms with Crippen LogP contribution in [0.25, 0.3) is 10.9 Å². The summed E-state index contributed by atoms with van der Waals surface area (Å²) in [5.74, 6) is 1.17. The lowest BCUT2D eigenvalue weighted by atomic mass is 10.1. The quantitative estimate of drug-likeness (QED) is 0.437. The van der Waals surface area contributed by atoms with Crippen LogP contribution in [0.3, 0.4) is 0 Å². The normalized spacial score (nSPS) is 11.9. The maximum Gasteiger partial charge on any atom is 0.324 e. The Kier molecular flexibility index (Phi) is 3.02. The van der Waals surface area contributed by atoms with Gasteiger partial charge in [-0.05, 0) is 31.2 Å². The minimum Gasteiger partial charge on any atom is -0.490 e. The van der Waals surface area contributed by atoms with Gasteiger partial charge in [0.2, 0.25) is 0 Å². The molecule has 1 aliphatic heterocycles. The van der Waals surface area contributed by atoms with Gasteiger partial charge in [-0.1, -0.05) is 12.1 Å². The van der Waals surface area contributed by atoms with Crippen molar-refractivity contribution in [1.29, 1.82) is 0 Å². The van der Waals surface area contributed by atoms with Crippen molar-refractivity contribution in [3.63, 3.8) is 0 Å². The highest BCUT2D eigenvalue weighted by Crippen LogP contribution is 2.50. The number of aromatic nitrogens is 1. The van der Waals surface area contributed by atoms with E-state index in [1.165, 1.54) is 7.11 Å². The Labute approximate surface area is 137 Å². The lowest BCUT2D eigenvalue weighted by Gasteiger charge is -2.24. The first-order valence-corrected chi connectivity index (χ1v) is 7.29. The first-order chi connectivity index (χ1) is 11.6. The molecule has 0 radical (unpaired) electrons. The van der Waals surface area contributed by atoms with Crippen LogP contribution in [0, 0.1) is 17.0 Å². The highest BCUT2D eigenvalue weighted by atomic mass is 16.6. The molecule has 1 N–H and O–H groups in total. The number of para-hydroxylation sites is 2. The number of hydrogen-bond acceptors (Lipinski definition) is 6. The molecule has 7 heteroatoms. The van der Waals surface area contributed by atoms with E-state index in [0.717, 1.165) is 5.69 Å². The van der Waals surface area contributed by atoms with Gasteiger partial charge >= 0.3 is 5.69 Å². The van der Waals surface area contributed by atoms with Crippen molar-refractivity contribution < 1.29 is 14.4 Å². The van der Waals surface area contributed by atoms with Crippen molar-refractivity contribution in [2.75, 3.05) is 12.4 Å². The number of anilines is 2. The monoisotopic (exact) mass is 323 g/mol. The van der Waals surface area contributed by atoms with Crippen LogP contribution >= 0.6 is 0 Å². The van der Waals surface area contributed by atoms with E-state index in [1.807, 2.05) is 25.1 Å². The molecule has 0 unspecified atom stereocenters. The number of ether oxygens (including phenoxy) is 2. The first-order valence-electron chi connectivity index (χ1n) is 7.29. The third-order valence-corrected chi connectivity index (χ3v) is 3.98. The van der Waals surface area contributed by atoms with Gasteiger partial charge < -0.3 is 14.8 Å². The Morgan fingerprint density at radius 3 is 2.79 bits per heavy atom. The average Bonchev–Trinajstić information content (AvgIpc) is 2.59. The molecular formula is C17H13N3O4. The average molecular weight is 323 g/mol. The minimum atomic E-state index is -0.470. The SMILES string of the molecule is COc1ccc2nc(C)c3c(c2c1[N+](=O)[O-])Oc1ccccc1N3. The van der Waals surface area contributed by atoms with Crippen molar-refractivity contribution >= 4 is 28.0 Å². The fourth-order valence-corrected chi connectivity index (χ4v) is 2.90. The Morgan fingerprint density at radius 2 is 2.04 bits per heavy atom. The van der Waals surface area contributed by atoms with E-state index in [0.29, 0.717) is 33.8 Å². The van der Waals surface area contributed by atoms with Gasteiger partial charge in [-0.15, -0.1) is 0 Å². The van der Waals surface area contributed by atoms with Gasteiger partial charge in [-0.25, -0.2) is 0 Å². The molecule has 1 aromatic heterocycles. The summed E-state index contributed by atoms with van der Waals surface area (Å²) in [7, 11) is 1.40. The molecule has 0 amide bonds. The molecule has 0 aliphatic carbocycles. The van der Waals surface area contributed by atoms with Crippen LogP contribution in [-0.4, -0.2) is 17.0 Å². The van der Waals surface area contributed by atoms with E-state index >= 15 is 0 Å². The number of fused-ring (bicyclic) bond motifs is 4. The molecular weight excluding hydrogens is 310 g/mol. The van der Waals surface area contributed by atoms with Crippen LogP contribution in [0.5, 0.6) is 17.2 Å². The van der Waals surface area contributed by atoms with Crippen LogP contribution < -0.4 is 14.8 Å². The molecule has 3 aromatic rings. The van der Waals surface area contributed by atoms with Crippen molar-refractivity contribution in [3.8, 4) is 17.2 Å². The number of nitro groups is 1. The van der Waals surface area contributed by atoms with Gasteiger partial charge in [-0.3, -0.25) is 15.1 Å². The molecule has 0 bridgehead atoms. The van der Waals surface area contributed by atoms with Crippen LogP contribution in [0.4, 0.5) is 17.1 Å².